The Kier molecular flexibility index (Phi) is 6.64. The van der Waals surface area contributed by atoms with E-state index in [1.807, 2.05) is 49.5 Å². The van der Waals surface area contributed by atoms with Crippen LogP contribution in [0, 0.1) is 13.8 Å². The minimum Gasteiger partial charge on any atom is -0.331 e. The second-order valence-corrected chi connectivity index (χ2v) is 6.76. The highest BCUT2D eigenvalue weighted by Crippen LogP contribution is 2.15. The third-order valence-electron chi connectivity index (χ3n) is 3.97. The van der Waals surface area contributed by atoms with Crippen molar-refractivity contribution in [2.75, 3.05) is 5.32 Å². The number of benzene rings is 2. The van der Waals surface area contributed by atoms with Gasteiger partial charge in [-0.25, -0.2) is 4.68 Å². The van der Waals surface area contributed by atoms with E-state index in [1.165, 1.54) is 11.1 Å². The van der Waals surface area contributed by atoms with E-state index in [2.05, 4.69) is 51.3 Å². The lowest BCUT2D eigenvalue weighted by Crippen LogP contribution is -2.24. The molecule has 0 fully saturated rings. The van der Waals surface area contributed by atoms with E-state index in [1.54, 1.807) is 17.0 Å². The predicted molar refractivity (Wildman–Crippen MR) is 118 cm³/mol. The van der Waals surface area contributed by atoms with Crippen LogP contribution < -0.4 is 10.7 Å². The first-order valence-electron chi connectivity index (χ1n) is 8.88. The van der Waals surface area contributed by atoms with Gasteiger partial charge >= 0.3 is 0 Å². The van der Waals surface area contributed by atoms with Crippen LogP contribution in [0.15, 0.2) is 65.9 Å². The maximum absolute atomic E-state index is 5.25. The molecular formula is C21H22N6S. The fraction of sp³-hybridized carbons (Fsp3) is 0.143. The predicted octanol–water partition coefficient (Wildman–Crippen LogP) is 3.93. The van der Waals surface area contributed by atoms with Crippen molar-refractivity contribution in [3.8, 4) is 0 Å². The molecule has 0 radical (unpaired) electrons. The fourth-order valence-corrected chi connectivity index (χ4v) is 2.78. The van der Waals surface area contributed by atoms with Gasteiger partial charge in [-0.1, -0.05) is 53.2 Å². The van der Waals surface area contributed by atoms with Crippen LogP contribution in [0.5, 0.6) is 0 Å². The standard InChI is InChI=1S/C21H22N6S/c1-16-10-11-20(17(2)13-16)23-21(28)25-22-12-6-9-19-15-27(26-24-19)14-18-7-4-3-5-8-18/h3-13,15H,14H2,1-2H3,(H2,23,25,28)/b9-6+,22-12+. The van der Waals surface area contributed by atoms with E-state index in [4.69, 9.17) is 12.2 Å². The number of aryl methyl sites for hydroxylation is 2. The molecular weight excluding hydrogens is 368 g/mol. The topological polar surface area (TPSA) is 67.1 Å². The molecule has 1 aromatic heterocycles. The molecule has 0 aliphatic heterocycles. The van der Waals surface area contributed by atoms with Crippen molar-refractivity contribution in [3.05, 3.63) is 83.2 Å². The summed E-state index contributed by atoms with van der Waals surface area (Å²) in [5.74, 6) is 0. The molecule has 0 spiro atoms. The Bertz CT molecular complexity index is 991. The summed E-state index contributed by atoms with van der Waals surface area (Å²) in [5, 5.41) is 15.9. The molecule has 0 aliphatic carbocycles. The highest BCUT2D eigenvalue weighted by molar-refractivity contribution is 7.80. The van der Waals surface area contributed by atoms with Gasteiger partial charge in [0.15, 0.2) is 5.11 Å². The molecule has 0 atom stereocenters. The normalized spacial score (nSPS) is 11.2. The number of rotatable bonds is 6. The third kappa shape index (κ3) is 5.85. The van der Waals surface area contributed by atoms with E-state index >= 15 is 0 Å². The quantitative estimate of drug-likeness (QED) is 0.379. The first-order chi connectivity index (χ1) is 13.6. The lowest BCUT2D eigenvalue weighted by Gasteiger charge is -2.10. The molecule has 142 valence electrons. The molecule has 0 unspecified atom stereocenters. The highest BCUT2D eigenvalue weighted by Gasteiger charge is 2.00. The van der Waals surface area contributed by atoms with Gasteiger partial charge in [-0.05, 0) is 55.4 Å². The van der Waals surface area contributed by atoms with Crippen molar-refractivity contribution in [1.29, 1.82) is 0 Å². The van der Waals surface area contributed by atoms with Gasteiger partial charge in [-0.2, -0.15) is 5.10 Å². The first kappa shape index (κ1) is 19.4. The van der Waals surface area contributed by atoms with Crippen molar-refractivity contribution in [2.24, 2.45) is 5.10 Å². The molecule has 0 aliphatic rings. The van der Waals surface area contributed by atoms with Crippen LogP contribution in [0.25, 0.3) is 6.08 Å². The zero-order chi connectivity index (χ0) is 19.8. The number of hydrogen-bond donors (Lipinski definition) is 2. The molecule has 3 rings (SSSR count). The van der Waals surface area contributed by atoms with Crippen LogP contribution in [0.3, 0.4) is 0 Å². The van der Waals surface area contributed by atoms with Gasteiger partial charge in [-0.15, -0.1) is 5.10 Å². The van der Waals surface area contributed by atoms with E-state index in [0.717, 1.165) is 16.9 Å². The lowest BCUT2D eigenvalue weighted by molar-refractivity contribution is 0.649. The summed E-state index contributed by atoms with van der Waals surface area (Å²) in [7, 11) is 0. The number of nitrogens with one attached hydrogen (secondary N) is 2. The number of anilines is 1. The second kappa shape index (κ2) is 9.57. The number of hydrogen-bond acceptors (Lipinski definition) is 4. The fourth-order valence-electron chi connectivity index (χ4n) is 2.62. The van der Waals surface area contributed by atoms with E-state index in [0.29, 0.717) is 11.7 Å². The zero-order valence-electron chi connectivity index (χ0n) is 15.8. The third-order valence-corrected chi connectivity index (χ3v) is 4.16. The molecule has 3 aromatic rings. The highest BCUT2D eigenvalue weighted by atomic mass is 32.1. The molecule has 0 amide bonds. The van der Waals surface area contributed by atoms with Gasteiger partial charge in [0.25, 0.3) is 0 Å². The lowest BCUT2D eigenvalue weighted by atomic mass is 10.1. The molecule has 2 aromatic carbocycles. The molecule has 2 N–H and O–H groups in total. The molecule has 28 heavy (non-hydrogen) atoms. The van der Waals surface area contributed by atoms with Crippen molar-refractivity contribution in [1.82, 2.24) is 20.4 Å². The Labute approximate surface area is 170 Å². The summed E-state index contributed by atoms with van der Waals surface area (Å²) in [6.45, 7) is 4.79. The summed E-state index contributed by atoms with van der Waals surface area (Å²) in [4.78, 5) is 0. The monoisotopic (exact) mass is 390 g/mol. The molecule has 1 heterocycles. The van der Waals surface area contributed by atoms with Gasteiger partial charge < -0.3 is 5.32 Å². The van der Waals surface area contributed by atoms with E-state index in [-0.39, 0.29) is 0 Å². The number of nitrogens with zero attached hydrogens (tertiary/aromatic N) is 4. The van der Waals surface area contributed by atoms with Crippen molar-refractivity contribution in [2.45, 2.75) is 20.4 Å². The minimum absolute atomic E-state index is 0.436. The zero-order valence-corrected chi connectivity index (χ0v) is 16.6. The first-order valence-corrected chi connectivity index (χ1v) is 9.29. The smallest absolute Gasteiger partial charge is 0.191 e. The largest absolute Gasteiger partial charge is 0.331 e. The molecule has 0 saturated heterocycles. The average molecular weight is 391 g/mol. The van der Waals surface area contributed by atoms with Crippen LogP contribution in [0.2, 0.25) is 0 Å². The van der Waals surface area contributed by atoms with Crippen LogP contribution in [-0.4, -0.2) is 26.3 Å². The Balaban J connectivity index is 1.46. The Morgan fingerprint density at radius 3 is 2.79 bits per heavy atom. The molecule has 6 nitrogen and oxygen atoms in total. The van der Waals surface area contributed by atoms with Crippen LogP contribution >= 0.6 is 12.2 Å². The van der Waals surface area contributed by atoms with Gasteiger partial charge in [0.1, 0.15) is 5.69 Å². The summed E-state index contributed by atoms with van der Waals surface area (Å²) in [6.07, 6.45) is 7.12. The van der Waals surface area contributed by atoms with Crippen molar-refractivity contribution in [3.63, 3.8) is 0 Å². The maximum Gasteiger partial charge on any atom is 0.191 e. The second-order valence-electron chi connectivity index (χ2n) is 6.35. The summed E-state index contributed by atoms with van der Waals surface area (Å²) in [6, 6.07) is 16.3. The number of aromatic nitrogens is 3. The number of thiocarbonyl (C=S) groups is 1. The number of allylic oxidation sites excluding steroid dienone is 1. The van der Waals surface area contributed by atoms with E-state index in [9.17, 15) is 0 Å². The molecule has 7 heteroatoms. The SMILES string of the molecule is Cc1ccc(NC(=S)N/N=C/C=C/c2cn(Cc3ccccc3)nn2)c(C)c1. The average Bonchev–Trinajstić information content (AvgIpc) is 3.12. The van der Waals surface area contributed by atoms with Gasteiger partial charge in [0, 0.05) is 11.9 Å². The van der Waals surface area contributed by atoms with Crippen molar-refractivity contribution >= 4 is 35.3 Å². The van der Waals surface area contributed by atoms with Crippen LogP contribution in [0.4, 0.5) is 5.69 Å². The van der Waals surface area contributed by atoms with Gasteiger partial charge in [0.2, 0.25) is 0 Å². The molecule has 0 saturated carbocycles. The minimum atomic E-state index is 0.436. The maximum atomic E-state index is 5.25. The Hall–Kier alpha value is -3.32. The van der Waals surface area contributed by atoms with Crippen LogP contribution in [-0.2, 0) is 6.54 Å². The Morgan fingerprint density at radius 2 is 2.00 bits per heavy atom. The molecule has 0 bridgehead atoms. The van der Waals surface area contributed by atoms with E-state index < -0.39 is 0 Å². The van der Waals surface area contributed by atoms with Crippen LogP contribution in [0.1, 0.15) is 22.4 Å². The Morgan fingerprint density at radius 1 is 1.18 bits per heavy atom. The summed E-state index contributed by atoms with van der Waals surface area (Å²) in [5.41, 5.74) is 8.04. The van der Waals surface area contributed by atoms with Gasteiger partial charge in [-0.3, -0.25) is 5.43 Å². The summed E-state index contributed by atoms with van der Waals surface area (Å²) >= 11 is 5.25. The summed E-state index contributed by atoms with van der Waals surface area (Å²) < 4.78 is 1.80. The van der Waals surface area contributed by atoms with Crippen molar-refractivity contribution < 1.29 is 0 Å². The van der Waals surface area contributed by atoms with Gasteiger partial charge in [0.05, 0.1) is 12.7 Å². The number of hydrazone groups is 1.